The molecule has 0 saturated carbocycles. The van der Waals surface area contributed by atoms with Crippen LogP contribution in [0.3, 0.4) is 0 Å². The summed E-state index contributed by atoms with van der Waals surface area (Å²) in [4.78, 5) is 0. The molecule has 0 spiro atoms. The van der Waals surface area contributed by atoms with Gasteiger partial charge in [-0.15, -0.1) is 11.3 Å². The van der Waals surface area contributed by atoms with Gasteiger partial charge in [-0.2, -0.15) is 0 Å². The van der Waals surface area contributed by atoms with Crippen LogP contribution in [-0.4, -0.2) is 0 Å². The Hall–Kier alpha value is -0.640. The number of halogens is 1. The molecule has 0 aliphatic rings. The van der Waals surface area contributed by atoms with Crippen LogP contribution in [0.5, 0.6) is 0 Å². The van der Waals surface area contributed by atoms with E-state index in [0.717, 1.165) is 6.54 Å². The zero-order valence-electron chi connectivity index (χ0n) is 10.5. The second-order valence-corrected chi connectivity index (χ2v) is 6.68. The molecule has 0 radical (unpaired) electrons. The topological polar surface area (TPSA) is 12.0 Å². The third-order valence-electron chi connectivity index (χ3n) is 2.95. The van der Waals surface area contributed by atoms with Gasteiger partial charge in [0.05, 0.1) is 3.79 Å². The van der Waals surface area contributed by atoms with Crippen molar-refractivity contribution in [3.63, 3.8) is 0 Å². The second-order valence-electron chi connectivity index (χ2n) is 4.39. The average molecular weight is 324 g/mol. The van der Waals surface area contributed by atoms with Crippen molar-refractivity contribution in [3.8, 4) is 0 Å². The summed E-state index contributed by atoms with van der Waals surface area (Å²) in [5.41, 5.74) is 2.73. The Bertz CT molecular complexity index is 466. The molecule has 2 aromatic rings. The number of benzene rings is 1. The summed E-state index contributed by atoms with van der Waals surface area (Å²) in [6, 6.07) is 13.3. The smallest absolute Gasteiger partial charge is 0.0701 e. The summed E-state index contributed by atoms with van der Waals surface area (Å²) in [6.07, 6.45) is 2.37. The van der Waals surface area contributed by atoms with E-state index in [1.165, 1.54) is 27.8 Å². The van der Waals surface area contributed by atoms with Crippen molar-refractivity contribution in [1.29, 1.82) is 0 Å². The molecule has 1 aromatic heterocycles. The van der Waals surface area contributed by atoms with E-state index in [0.29, 0.717) is 6.04 Å². The van der Waals surface area contributed by atoms with Crippen LogP contribution < -0.4 is 5.32 Å². The molecule has 3 heteroatoms. The maximum atomic E-state index is 3.65. The SMILES string of the molecule is CCCC(NCc1csc(Br)c1)c1ccccc1. The maximum absolute atomic E-state index is 3.65. The van der Waals surface area contributed by atoms with Crippen molar-refractivity contribution in [1.82, 2.24) is 5.32 Å². The van der Waals surface area contributed by atoms with Gasteiger partial charge in [0.15, 0.2) is 0 Å². The minimum Gasteiger partial charge on any atom is -0.306 e. The van der Waals surface area contributed by atoms with E-state index in [4.69, 9.17) is 0 Å². The number of hydrogen-bond donors (Lipinski definition) is 1. The first kappa shape index (κ1) is 13.8. The molecule has 0 aliphatic carbocycles. The molecule has 1 atom stereocenters. The van der Waals surface area contributed by atoms with Crippen LogP contribution in [0, 0.1) is 0 Å². The molecule has 0 aliphatic heterocycles. The first-order valence-electron chi connectivity index (χ1n) is 6.31. The molecule has 18 heavy (non-hydrogen) atoms. The largest absolute Gasteiger partial charge is 0.306 e. The van der Waals surface area contributed by atoms with E-state index in [9.17, 15) is 0 Å². The normalized spacial score (nSPS) is 12.6. The Morgan fingerprint density at radius 2 is 2.06 bits per heavy atom. The molecule has 0 fully saturated rings. The molecular weight excluding hydrogens is 306 g/mol. The molecule has 1 nitrogen and oxygen atoms in total. The van der Waals surface area contributed by atoms with Crippen molar-refractivity contribution in [2.24, 2.45) is 0 Å². The van der Waals surface area contributed by atoms with Crippen molar-refractivity contribution in [2.75, 3.05) is 0 Å². The number of thiophene rings is 1. The molecular formula is C15H18BrNS. The fraction of sp³-hybridized carbons (Fsp3) is 0.333. The van der Waals surface area contributed by atoms with Crippen molar-refractivity contribution in [3.05, 3.63) is 56.7 Å². The van der Waals surface area contributed by atoms with E-state index in [2.05, 4.69) is 69.9 Å². The maximum Gasteiger partial charge on any atom is 0.0701 e. The van der Waals surface area contributed by atoms with Gasteiger partial charge in [0.1, 0.15) is 0 Å². The van der Waals surface area contributed by atoms with E-state index >= 15 is 0 Å². The Kier molecular flexibility index (Phi) is 5.42. The van der Waals surface area contributed by atoms with Gasteiger partial charge in [-0.25, -0.2) is 0 Å². The summed E-state index contributed by atoms with van der Waals surface area (Å²) >= 11 is 5.25. The van der Waals surface area contributed by atoms with Gasteiger partial charge >= 0.3 is 0 Å². The minimum atomic E-state index is 0.454. The third kappa shape index (κ3) is 3.94. The highest BCUT2D eigenvalue weighted by Gasteiger charge is 2.09. The molecule has 1 heterocycles. The summed E-state index contributed by atoms with van der Waals surface area (Å²) in [5, 5.41) is 5.85. The fourth-order valence-corrected chi connectivity index (χ4v) is 3.25. The quantitative estimate of drug-likeness (QED) is 0.775. The van der Waals surface area contributed by atoms with Crippen molar-refractivity contribution < 1.29 is 0 Å². The van der Waals surface area contributed by atoms with Gasteiger partial charge in [0, 0.05) is 12.6 Å². The van der Waals surface area contributed by atoms with Gasteiger partial charge in [-0.1, -0.05) is 43.7 Å². The fourth-order valence-electron chi connectivity index (χ4n) is 2.04. The molecule has 0 amide bonds. The van der Waals surface area contributed by atoms with Crippen LogP contribution in [0.4, 0.5) is 0 Å². The number of nitrogens with one attached hydrogen (secondary N) is 1. The van der Waals surface area contributed by atoms with Crippen LogP contribution in [-0.2, 0) is 6.54 Å². The third-order valence-corrected chi connectivity index (χ3v) is 4.51. The monoisotopic (exact) mass is 323 g/mol. The van der Waals surface area contributed by atoms with Gasteiger partial charge in [-0.05, 0) is 44.9 Å². The first-order valence-corrected chi connectivity index (χ1v) is 7.98. The second kappa shape index (κ2) is 7.07. The van der Waals surface area contributed by atoms with E-state index in [1.807, 2.05) is 0 Å². The van der Waals surface area contributed by atoms with E-state index < -0.39 is 0 Å². The van der Waals surface area contributed by atoms with Crippen LogP contribution in [0.15, 0.2) is 45.6 Å². The number of rotatable bonds is 6. The molecule has 1 aromatic carbocycles. The molecule has 0 saturated heterocycles. The Morgan fingerprint density at radius 1 is 1.28 bits per heavy atom. The lowest BCUT2D eigenvalue weighted by atomic mass is 10.0. The van der Waals surface area contributed by atoms with Crippen LogP contribution >= 0.6 is 27.3 Å². The summed E-state index contributed by atoms with van der Waals surface area (Å²) in [7, 11) is 0. The first-order chi connectivity index (χ1) is 8.79. The summed E-state index contributed by atoms with van der Waals surface area (Å²) in [5.74, 6) is 0. The Labute approximate surface area is 121 Å². The molecule has 1 unspecified atom stereocenters. The van der Waals surface area contributed by atoms with E-state index in [1.54, 1.807) is 11.3 Å². The minimum absolute atomic E-state index is 0.454. The average Bonchev–Trinajstić information content (AvgIpc) is 2.81. The number of hydrogen-bond acceptors (Lipinski definition) is 2. The Morgan fingerprint density at radius 3 is 2.67 bits per heavy atom. The lowest BCUT2D eigenvalue weighted by Crippen LogP contribution is -2.20. The van der Waals surface area contributed by atoms with Crippen LogP contribution in [0.25, 0.3) is 0 Å². The van der Waals surface area contributed by atoms with Gasteiger partial charge in [0.25, 0.3) is 0 Å². The van der Waals surface area contributed by atoms with Crippen LogP contribution in [0.1, 0.15) is 36.9 Å². The highest BCUT2D eigenvalue weighted by atomic mass is 79.9. The predicted octanol–water partition coefficient (Wildman–Crippen LogP) is 5.14. The highest BCUT2D eigenvalue weighted by molar-refractivity contribution is 9.11. The van der Waals surface area contributed by atoms with Gasteiger partial charge in [0.2, 0.25) is 0 Å². The summed E-state index contributed by atoms with van der Waals surface area (Å²) in [6.45, 7) is 3.17. The molecule has 1 N–H and O–H groups in total. The van der Waals surface area contributed by atoms with Gasteiger partial charge < -0.3 is 5.32 Å². The lowest BCUT2D eigenvalue weighted by Gasteiger charge is -2.18. The van der Waals surface area contributed by atoms with Crippen molar-refractivity contribution in [2.45, 2.75) is 32.4 Å². The zero-order valence-corrected chi connectivity index (χ0v) is 12.9. The zero-order chi connectivity index (χ0) is 12.8. The molecule has 0 bridgehead atoms. The lowest BCUT2D eigenvalue weighted by molar-refractivity contribution is 0.494. The highest BCUT2D eigenvalue weighted by Crippen LogP contribution is 2.23. The van der Waals surface area contributed by atoms with E-state index in [-0.39, 0.29) is 0 Å². The standard InChI is InChI=1S/C15H18BrNS/c1-2-6-14(13-7-4-3-5-8-13)17-10-12-9-15(16)18-11-12/h3-5,7-9,11,14,17H,2,6,10H2,1H3. The Balaban J connectivity index is 1.98. The van der Waals surface area contributed by atoms with Gasteiger partial charge in [-0.3, -0.25) is 0 Å². The van der Waals surface area contributed by atoms with Crippen LogP contribution in [0.2, 0.25) is 0 Å². The molecule has 2 rings (SSSR count). The summed E-state index contributed by atoms with van der Waals surface area (Å²) < 4.78 is 1.20. The van der Waals surface area contributed by atoms with Crippen molar-refractivity contribution >= 4 is 27.3 Å². The predicted molar refractivity (Wildman–Crippen MR) is 82.9 cm³/mol. The molecule has 96 valence electrons.